The number of hydrogen-bond donors (Lipinski definition) is 0. The van der Waals surface area contributed by atoms with Gasteiger partial charge in [-0.25, -0.2) is 24.0 Å². The number of aromatic nitrogens is 11. The van der Waals surface area contributed by atoms with Crippen molar-refractivity contribution in [2.75, 3.05) is 18.0 Å². The Morgan fingerprint density at radius 3 is 1.90 bits per heavy atom. The molecule has 0 N–H and O–H groups in total. The third-order valence-corrected chi connectivity index (χ3v) is 11.5. The number of allylic oxidation sites excluding steroid dienone is 2. The van der Waals surface area contributed by atoms with E-state index in [4.69, 9.17) is 9.47 Å². The summed E-state index contributed by atoms with van der Waals surface area (Å²) in [5.74, 6) is 0.0444. The first-order valence-corrected chi connectivity index (χ1v) is 23.1. The minimum atomic E-state index is -0.814. The Balaban J connectivity index is 0.000000251. The van der Waals surface area contributed by atoms with E-state index in [2.05, 4.69) is 65.0 Å². The second kappa shape index (κ2) is 24.3. The molecule has 1 unspecified atom stereocenters. The van der Waals surface area contributed by atoms with Crippen molar-refractivity contribution in [2.24, 2.45) is 14.1 Å². The molecule has 0 fully saturated rings. The Hall–Kier alpha value is -8.94. The number of ether oxygens (including phenoxy) is 2. The van der Waals surface area contributed by atoms with Crippen molar-refractivity contribution in [1.82, 2.24) is 49.3 Å². The van der Waals surface area contributed by atoms with Gasteiger partial charge in [0.1, 0.15) is 48.3 Å². The standard InChI is InChI=1S/C35H34N9O4.2C10H8N2.Ru/c1-7-43(8-2)24-9-10-25-26(22(4)47-34(45)32-33-39-40-42(6)35(46)44(33)20-38-32)18-31(48-30(25)17-24)27(19-36)23-12-14-41(5)29(16-23)28-15-21(3)11-13-37-28;2*1-3-7-11-9(5-1)10-6-2-4-8-12-10;/h9-18,20,22H,7-8H2,1-6H3;2*1-8H;/q+1;;;. The van der Waals surface area contributed by atoms with Crippen molar-refractivity contribution in [3.8, 4) is 46.0 Å². The minimum absolute atomic E-state index is 0. The molecule has 1 aliphatic rings. The van der Waals surface area contributed by atoms with E-state index in [9.17, 15) is 14.9 Å². The maximum atomic E-state index is 13.4. The van der Waals surface area contributed by atoms with Gasteiger partial charge >= 0.3 is 11.7 Å². The smallest absolute Gasteiger partial charge is 0.361 e. The molecule has 73 heavy (non-hydrogen) atoms. The maximum Gasteiger partial charge on any atom is 0.361 e. The molecule has 1 aliphatic heterocycles. The Morgan fingerprint density at radius 1 is 0.781 bits per heavy atom. The summed E-state index contributed by atoms with van der Waals surface area (Å²) in [6, 6.07) is 39.1. The molecule has 0 saturated heterocycles. The van der Waals surface area contributed by atoms with Crippen LogP contribution in [0.4, 0.5) is 5.69 Å². The van der Waals surface area contributed by atoms with Crippen LogP contribution in [0, 0.1) is 18.3 Å². The molecule has 0 radical (unpaired) electrons. The molecule has 1 atom stereocenters. The van der Waals surface area contributed by atoms with E-state index in [0.29, 0.717) is 33.8 Å². The van der Waals surface area contributed by atoms with E-state index in [1.165, 1.54) is 13.4 Å². The van der Waals surface area contributed by atoms with E-state index in [-0.39, 0.29) is 30.8 Å². The Bertz CT molecular complexity index is 3360. The summed E-state index contributed by atoms with van der Waals surface area (Å²) in [6.45, 7) is 9.46. The molecule has 366 valence electrons. The molecule has 18 heteroatoms. The average Bonchev–Trinajstić information content (AvgIpc) is 3.87. The number of anilines is 1. The van der Waals surface area contributed by atoms with Crippen molar-refractivity contribution < 1.29 is 38.3 Å². The maximum absolute atomic E-state index is 13.4. The third kappa shape index (κ3) is 12.2. The zero-order chi connectivity index (χ0) is 50.6. The third-order valence-electron chi connectivity index (χ3n) is 11.5. The summed E-state index contributed by atoms with van der Waals surface area (Å²) in [4.78, 5) is 53.4. The molecule has 0 aliphatic carbocycles. The number of carbonyl (C=O) groups is 1. The van der Waals surface area contributed by atoms with E-state index in [0.717, 1.165) is 67.6 Å². The molecule has 0 amide bonds. The number of nitrogens with zero attached hydrogens (tertiary/aromatic N) is 13. The average molecular weight is 1060 g/mol. The quantitative estimate of drug-likeness (QED) is 0.0551. The molecule has 8 aromatic heterocycles. The van der Waals surface area contributed by atoms with Gasteiger partial charge in [-0.1, -0.05) is 29.5 Å². The summed E-state index contributed by atoms with van der Waals surface area (Å²) in [5, 5.41) is 18.3. The summed E-state index contributed by atoms with van der Waals surface area (Å²) in [5.41, 5.74) is 8.87. The molecule has 0 saturated carbocycles. The van der Waals surface area contributed by atoms with E-state index in [1.54, 1.807) is 44.0 Å². The van der Waals surface area contributed by atoms with Crippen LogP contribution in [0.2, 0.25) is 0 Å². The monoisotopic (exact) mass is 1060 g/mol. The van der Waals surface area contributed by atoms with Gasteiger partial charge in [0.15, 0.2) is 17.5 Å². The van der Waals surface area contributed by atoms with Gasteiger partial charge in [0.05, 0.1) is 22.8 Å². The minimum Gasteiger partial charge on any atom is -0.455 e. The van der Waals surface area contributed by atoms with Gasteiger partial charge in [0.2, 0.25) is 5.69 Å². The van der Waals surface area contributed by atoms with Crippen molar-refractivity contribution in [1.29, 1.82) is 5.26 Å². The predicted octanol–water partition coefficient (Wildman–Crippen LogP) is 8.11. The van der Waals surface area contributed by atoms with Gasteiger partial charge in [-0.05, 0) is 112 Å². The number of fused-ring (bicyclic) bond motifs is 2. The van der Waals surface area contributed by atoms with Gasteiger partial charge in [0.25, 0.3) is 0 Å². The second-order valence-electron chi connectivity index (χ2n) is 16.2. The van der Waals surface area contributed by atoms with Crippen LogP contribution in [0.3, 0.4) is 0 Å². The number of pyridine rings is 6. The van der Waals surface area contributed by atoms with Gasteiger partial charge in [-0.2, -0.15) is 14.5 Å². The molecular formula is C55H50N13O4Ru+. The fourth-order valence-corrected chi connectivity index (χ4v) is 7.73. The van der Waals surface area contributed by atoms with E-state index >= 15 is 0 Å². The summed E-state index contributed by atoms with van der Waals surface area (Å²) >= 11 is 0. The molecular weight excluding hydrogens is 1010 g/mol. The molecule has 17 nitrogen and oxygen atoms in total. The zero-order valence-corrected chi connectivity index (χ0v) is 42.6. The van der Waals surface area contributed by atoms with Crippen molar-refractivity contribution in [3.05, 3.63) is 203 Å². The fourth-order valence-electron chi connectivity index (χ4n) is 7.73. The van der Waals surface area contributed by atoms with Gasteiger partial charge in [0, 0.05) is 111 Å². The van der Waals surface area contributed by atoms with E-state index < -0.39 is 17.8 Å². The second-order valence-corrected chi connectivity index (χ2v) is 16.2. The summed E-state index contributed by atoms with van der Waals surface area (Å²) in [6.07, 6.45) is 12.8. The Morgan fingerprint density at radius 2 is 1.37 bits per heavy atom. The molecule has 9 aromatic rings. The molecule has 9 heterocycles. The molecule has 0 spiro atoms. The van der Waals surface area contributed by atoms with Crippen molar-refractivity contribution in [3.63, 3.8) is 0 Å². The summed E-state index contributed by atoms with van der Waals surface area (Å²) < 4.78 is 16.5. The van der Waals surface area contributed by atoms with Crippen molar-refractivity contribution >= 4 is 28.5 Å². The van der Waals surface area contributed by atoms with Crippen LogP contribution in [0.5, 0.6) is 5.75 Å². The molecule has 0 bridgehead atoms. The number of aryl methyl sites for hydroxylation is 3. The number of rotatable bonds is 10. The Labute approximate surface area is 434 Å². The number of esters is 1. The first kappa shape index (κ1) is 51.9. The number of hydrogen-bond acceptors (Lipinski definition) is 14. The van der Waals surface area contributed by atoms with E-state index in [1.807, 2.05) is 140 Å². The van der Waals surface area contributed by atoms with Crippen LogP contribution in [0.15, 0.2) is 175 Å². The van der Waals surface area contributed by atoms with Crippen LogP contribution in [-0.4, -0.2) is 74.5 Å². The summed E-state index contributed by atoms with van der Waals surface area (Å²) in [7, 11) is 3.37. The van der Waals surface area contributed by atoms with Gasteiger partial charge < -0.3 is 14.4 Å². The van der Waals surface area contributed by atoms with Crippen LogP contribution in [0.1, 0.15) is 48.0 Å². The number of carbonyl (C=O) groups excluding carboxylic acids is 1. The first-order chi connectivity index (χ1) is 35.1. The fraction of sp³-hybridized carbons (Fsp3) is 0.164. The SMILES string of the molecule is CCN(CC)c1ccc2c(c1)O/C(=C(/C#N)c1cc[n+](C)c(-c3cc(C)ccn3)c1)C=C2C(C)OC(=O)c1ncn2c(=O)n(C)nnc12.[Ru].c1ccc(-c2ccccn2)nc1.c1ccc(-c2ccccn2)nc1. The molecule has 1 aromatic carbocycles. The number of imidazole rings is 1. The van der Waals surface area contributed by atoms with Crippen LogP contribution in [-0.2, 0) is 38.3 Å². The van der Waals surface area contributed by atoms with Crippen LogP contribution in [0.25, 0.3) is 51.0 Å². The van der Waals surface area contributed by atoms with Crippen LogP contribution >= 0.6 is 0 Å². The zero-order valence-electron chi connectivity index (χ0n) is 40.9. The van der Waals surface area contributed by atoms with Gasteiger partial charge in [-0.3, -0.25) is 19.9 Å². The largest absolute Gasteiger partial charge is 0.455 e. The number of nitriles is 1. The van der Waals surface area contributed by atoms with Crippen molar-refractivity contribution in [2.45, 2.75) is 33.8 Å². The normalized spacial score (nSPS) is 12.4. The molecule has 10 rings (SSSR count). The topological polar surface area (TPSA) is 196 Å². The van der Waals surface area contributed by atoms with Gasteiger partial charge in [-0.15, -0.1) is 5.10 Å². The van der Waals surface area contributed by atoms with Crippen LogP contribution < -0.4 is 19.9 Å². The first-order valence-electron chi connectivity index (χ1n) is 23.1. The number of benzene rings is 1. The Kier molecular flexibility index (Phi) is 17.2. The predicted molar refractivity (Wildman–Crippen MR) is 273 cm³/mol.